The first-order chi connectivity index (χ1) is 10.6. The van der Waals surface area contributed by atoms with Crippen LogP contribution in [0.2, 0.25) is 0 Å². The van der Waals surface area contributed by atoms with Gasteiger partial charge >= 0.3 is 0 Å². The van der Waals surface area contributed by atoms with Gasteiger partial charge in [0.2, 0.25) is 0 Å². The van der Waals surface area contributed by atoms with Crippen LogP contribution in [0, 0.1) is 0 Å². The molecule has 0 unspecified atom stereocenters. The summed E-state index contributed by atoms with van der Waals surface area (Å²) < 4.78 is 0. The standard InChI is InChI=1S/C22H22/c1-4-5-6-7-8-11-17-14-15-19-18-12-9-10-13-20(18)22(2,3)21(19)16-17/h4-16H,1-3H3/b5-4+,7-6-,11-8-. The van der Waals surface area contributed by atoms with Crippen molar-refractivity contribution in [3.63, 3.8) is 0 Å². The lowest BCUT2D eigenvalue weighted by Gasteiger charge is -2.21. The maximum absolute atomic E-state index is 2.33. The highest BCUT2D eigenvalue weighted by atomic mass is 14.4. The van der Waals surface area contributed by atoms with Crippen LogP contribution in [-0.2, 0) is 5.41 Å². The van der Waals surface area contributed by atoms with Crippen LogP contribution < -0.4 is 0 Å². The predicted molar refractivity (Wildman–Crippen MR) is 97.0 cm³/mol. The first kappa shape index (κ1) is 14.6. The summed E-state index contributed by atoms with van der Waals surface area (Å²) in [5.41, 5.74) is 6.95. The maximum atomic E-state index is 2.33. The van der Waals surface area contributed by atoms with Crippen LogP contribution in [0.15, 0.2) is 72.8 Å². The first-order valence-electron chi connectivity index (χ1n) is 7.85. The minimum absolute atomic E-state index is 0.0799. The molecule has 0 radical (unpaired) electrons. The van der Waals surface area contributed by atoms with Crippen LogP contribution in [0.3, 0.4) is 0 Å². The minimum Gasteiger partial charge on any atom is -0.0877 e. The largest absolute Gasteiger partial charge is 0.0877 e. The van der Waals surface area contributed by atoms with E-state index >= 15 is 0 Å². The normalized spacial score (nSPS) is 15.8. The Morgan fingerprint density at radius 3 is 2.32 bits per heavy atom. The summed E-state index contributed by atoms with van der Waals surface area (Å²) in [5, 5.41) is 0. The molecule has 0 amide bonds. The van der Waals surface area contributed by atoms with Gasteiger partial charge in [0.15, 0.2) is 0 Å². The van der Waals surface area contributed by atoms with E-state index in [1.54, 1.807) is 0 Å². The molecule has 22 heavy (non-hydrogen) atoms. The molecule has 1 aliphatic carbocycles. The number of fused-ring (bicyclic) bond motifs is 3. The van der Waals surface area contributed by atoms with E-state index in [9.17, 15) is 0 Å². The molecule has 0 heterocycles. The van der Waals surface area contributed by atoms with E-state index in [1.807, 2.05) is 25.2 Å². The van der Waals surface area contributed by atoms with E-state index in [1.165, 1.54) is 27.8 Å². The summed E-state index contributed by atoms with van der Waals surface area (Å²) in [6, 6.07) is 15.6. The van der Waals surface area contributed by atoms with Crippen molar-refractivity contribution in [2.45, 2.75) is 26.2 Å². The van der Waals surface area contributed by atoms with Gasteiger partial charge in [-0.1, -0.05) is 92.8 Å². The molecule has 0 atom stereocenters. The monoisotopic (exact) mass is 286 g/mol. The van der Waals surface area contributed by atoms with Crippen LogP contribution in [0.1, 0.15) is 37.5 Å². The summed E-state index contributed by atoms with van der Waals surface area (Å²) in [4.78, 5) is 0. The summed E-state index contributed by atoms with van der Waals surface area (Å²) in [7, 11) is 0. The van der Waals surface area contributed by atoms with Crippen molar-refractivity contribution >= 4 is 6.08 Å². The second kappa shape index (κ2) is 5.81. The van der Waals surface area contributed by atoms with Crippen LogP contribution in [-0.4, -0.2) is 0 Å². The quantitative estimate of drug-likeness (QED) is 0.595. The molecular formula is C22H22. The molecule has 1 aliphatic rings. The second-order valence-corrected chi connectivity index (χ2v) is 6.25. The predicted octanol–water partition coefficient (Wildman–Crippen LogP) is 6.14. The van der Waals surface area contributed by atoms with E-state index in [0.29, 0.717) is 0 Å². The van der Waals surface area contributed by atoms with Crippen LogP contribution in [0.4, 0.5) is 0 Å². The van der Waals surface area contributed by atoms with Gasteiger partial charge in [0, 0.05) is 5.41 Å². The molecule has 3 rings (SSSR count). The third kappa shape index (κ3) is 2.46. The molecule has 0 heteroatoms. The van der Waals surface area contributed by atoms with Crippen molar-refractivity contribution < 1.29 is 0 Å². The zero-order chi connectivity index (χ0) is 15.6. The zero-order valence-corrected chi connectivity index (χ0v) is 13.5. The fourth-order valence-corrected chi connectivity index (χ4v) is 3.23. The molecule has 0 spiro atoms. The van der Waals surface area contributed by atoms with Crippen LogP contribution in [0.5, 0.6) is 0 Å². The van der Waals surface area contributed by atoms with Gasteiger partial charge in [-0.2, -0.15) is 0 Å². The maximum Gasteiger partial charge on any atom is 0.0159 e. The molecule has 2 aromatic carbocycles. The number of allylic oxidation sites excluding steroid dienone is 5. The third-order valence-electron chi connectivity index (χ3n) is 4.42. The lowest BCUT2D eigenvalue weighted by Crippen LogP contribution is -2.14. The van der Waals surface area contributed by atoms with Gasteiger partial charge in [-0.25, -0.2) is 0 Å². The number of benzene rings is 2. The number of hydrogen-bond donors (Lipinski definition) is 0. The van der Waals surface area contributed by atoms with Crippen molar-refractivity contribution in [1.29, 1.82) is 0 Å². The SMILES string of the molecule is C/C=C/C=C\C=C/c1ccc2c(c1)C(C)(C)c1ccccc1-2. The van der Waals surface area contributed by atoms with Gasteiger partial charge in [-0.15, -0.1) is 0 Å². The average Bonchev–Trinajstić information content (AvgIpc) is 2.76. The Morgan fingerprint density at radius 2 is 1.50 bits per heavy atom. The number of hydrogen-bond acceptors (Lipinski definition) is 0. The van der Waals surface area contributed by atoms with Crippen molar-refractivity contribution in [1.82, 2.24) is 0 Å². The van der Waals surface area contributed by atoms with Gasteiger partial charge in [-0.3, -0.25) is 0 Å². The third-order valence-corrected chi connectivity index (χ3v) is 4.42. The molecule has 0 saturated heterocycles. The molecular weight excluding hydrogens is 264 g/mol. The molecule has 0 fully saturated rings. The molecule has 0 nitrogen and oxygen atoms in total. The topological polar surface area (TPSA) is 0 Å². The van der Waals surface area contributed by atoms with Gasteiger partial charge in [0.25, 0.3) is 0 Å². The van der Waals surface area contributed by atoms with E-state index in [-0.39, 0.29) is 5.41 Å². The molecule has 0 aromatic heterocycles. The fourth-order valence-electron chi connectivity index (χ4n) is 3.23. The minimum atomic E-state index is 0.0799. The summed E-state index contributed by atoms with van der Waals surface area (Å²) >= 11 is 0. The number of rotatable bonds is 3. The molecule has 110 valence electrons. The molecule has 0 saturated carbocycles. The Labute approximate surface area is 133 Å². The lowest BCUT2D eigenvalue weighted by molar-refractivity contribution is 0.660. The van der Waals surface area contributed by atoms with Crippen molar-refractivity contribution in [3.05, 3.63) is 89.5 Å². The van der Waals surface area contributed by atoms with Gasteiger partial charge in [-0.05, 0) is 34.7 Å². The summed E-state index contributed by atoms with van der Waals surface area (Å²) in [6.45, 7) is 6.66. The van der Waals surface area contributed by atoms with E-state index in [2.05, 4.69) is 74.5 Å². The summed E-state index contributed by atoms with van der Waals surface area (Å²) in [5.74, 6) is 0. The first-order valence-corrected chi connectivity index (χ1v) is 7.85. The van der Waals surface area contributed by atoms with Crippen LogP contribution in [0.25, 0.3) is 17.2 Å². The lowest BCUT2D eigenvalue weighted by atomic mass is 9.82. The van der Waals surface area contributed by atoms with Gasteiger partial charge in [0.1, 0.15) is 0 Å². The Balaban J connectivity index is 1.98. The highest BCUT2D eigenvalue weighted by Gasteiger charge is 2.34. The molecule has 0 N–H and O–H groups in total. The highest BCUT2D eigenvalue weighted by Crippen LogP contribution is 2.48. The van der Waals surface area contributed by atoms with E-state index < -0.39 is 0 Å². The smallest absolute Gasteiger partial charge is 0.0159 e. The van der Waals surface area contributed by atoms with Crippen molar-refractivity contribution in [3.8, 4) is 11.1 Å². The van der Waals surface area contributed by atoms with E-state index in [4.69, 9.17) is 0 Å². The average molecular weight is 286 g/mol. The fraction of sp³-hybridized carbons (Fsp3) is 0.182. The van der Waals surface area contributed by atoms with E-state index in [0.717, 1.165) is 0 Å². The Bertz CT molecular complexity index is 770. The highest BCUT2D eigenvalue weighted by molar-refractivity contribution is 5.81. The zero-order valence-electron chi connectivity index (χ0n) is 13.5. The Kier molecular flexibility index (Phi) is 3.85. The molecule has 0 aliphatic heterocycles. The Morgan fingerprint density at radius 1 is 0.773 bits per heavy atom. The van der Waals surface area contributed by atoms with Crippen molar-refractivity contribution in [2.24, 2.45) is 0 Å². The molecule has 2 aromatic rings. The van der Waals surface area contributed by atoms with Gasteiger partial charge in [0.05, 0.1) is 0 Å². The molecule has 0 bridgehead atoms. The van der Waals surface area contributed by atoms with Crippen LogP contribution >= 0.6 is 0 Å². The second-order valence-electron chi connectivity index (χ2n) is 6.25. The van der Waals surface area contributed by atoms with Crippen molar-refractivity contribution in [2.75, 3.05) is 0 Å². The van der Waals surface area contributed by atoms with Gasteiger partial charge < -0.3 is 0 Å². The Hall–Kier alpha value is -2.34. The summed E-state index contributed by atoms with van der Waals surface area (Å²) in [6.07, 6.45) is 12.4.